The average Bonchev–Trinajstić information content (AvgIpc) is 3.23. The smallest absolute Gasteiger partial charge is 0.191 e. The highest BCUT2D eigenvalue weighted by Gasteiger charge is 2.40. The minimum Gasteiger partial charge on any atom is -0.370 e. The molecule has 5 heteroatoms. The van der Waals surface area contributed by atoms with Crippen LogP contribution >= 0.6 is 11.8 Å². The zero-order valence-electron chi connectivity index (χ0n) is 12.1. The van der Waals surface area contributed by atoms with E-state index in [1.54, 1.807) is 11.8 Å². The van der Waals surface area contributed by atoms with Crippen molar-refractivity contribution < 1.29 is 0 Å². The molecule has 1 heterocycles. The van der Waals surface area contributed by atoms with Crippen molar-refractivity contribution in [3.05, 3.63) is 6.07 Å². The van der Waals surface area contributed by atoms with Gasteiger partial charge in [0.2, 0.25) is 0 Å². The number of hydrogen-bond donors (Lipinski definition) is 2. The molecule has 1 aromatic rings. The number of thioether (sulfide) groups is 1. The van der Waals surface area contributed by atoms with Crippen molar-refractivity contribution in [1.82, 2.24) is 9.97 Å². The van der Waals surface area contributed by atoms with Crippen LogP contribution in [0.4, 0.5) is 11.6 Å². The van der Waals surface area contributed by atoms with Gasteiger partial charge < -0.3 is 10.6 Å². The monoisotopic (exact) mass is 280 g/mol. The van der Waals surface area contributed by atoms with Gasteiger partial charge in [0.05, 0.1) is 0 Å². The van der Waals surface area contributed by atoms with Gasteiger partial charge in [0, 0.05) is 19.2 Å². The Kier molecular flexibility index (Phi) is 4.91. The summed E-state index contributed by atoms with van der Waals surface area (Å²) in [5.41, 5.74) is 0.529. The summed E-state index contributed by atoms with van der Waals surface area (Å²) in [4.78, 5) is 9.00. The zero-order chi connectivity index (χ0) is 13.7. The van der Waals surface area contributed by atoms with Gasteiger partial charge in [-0.25, -0.2) is 9.97 Å². The zero-order valence-corrected chi connectivity index (χ0v) is 12.9. The average molecular weight is 280 g/mol. The van der Waals surface area contributed by atoms with Crippen LogP contribution < -0.4 is 10.6 Å². The summed E-state index contributed by atoms with van der Waals surface area (Å²) in [5.74, 6) is 1.86. The third-order valence-electron chi connectivity index (χ3n) is 3.80. The maximum atomic E-state index is 4.53. The maximum absolute atomic E-state index is 4.53. The normalized spacial score (nSPS) is 16.2. The molecule has 0 aromatic carbocycles. The number of rotatable bonds is 8. The number of hydrogen-bond acceptors (Lipinski definition) is 5. The molecule has 0 amide bonds. The van der Waals surface area contributed by atoms with Crippen molar-refractivity contribution in [2.45, 2.75) is 44.7 Å². The van der Waals surface area contributed by atoms with Crippen molar-refractivity contribution in [2.75, 3.05) is 30.0 Å². The van der Waals surface area contributed by atoms with Gasteiger partial charge in [-0.15, -0.1) is 0 Å². The molecule has 2 rings (SSSR count). The summed E-state index contributed by atoms with van der Waals surface area (Å²) < 4.78 is 0. The second-order valence-electron chi connectivity index (χ2n) is 5.26. The molecule has 0 spiro atoms. The lowest BCUT2D eigenvalue weighted by molar-refractivity contribution is 0.520. The van der Waals surface area contributed by atoms with Crippen LogP contribution in [0, 0.1) is 5.41 Å². The first kappa shape index (κ1) is 14.4. The molecule has 1 aliphatic carbocycles. The Balaban J connectivity index is 2.01. The van der Waals surface area contributed by atoms with Crippen LogP contribution in [0.15, 0.2) is 11.2 Å². The molecular formula is C14H24N4S. The largest absolute Gasteiger partial charge is 0.370 e. The summed E-state index contributed by atoms with van der Waals surface area (Å²) >= 11 is 1.58. The molecule has 106 valence electrons. The molecule has 2 N–H and O–H groups in total. The van der Waals surface area contributed by atoms with Crippen LogP contribution in [0.5, 0.6) is 0 Å². The molecule has 0 unspecified atom stereocenters. The van der Waals surface area contributed by atoms with Crippen LogP contribution in [-0.4, -0.2) is 29.3 Å². The van der Waals surface area contributed by atoms with Crippen LogP contribution in [0.1, 0.15) is 39.5 Å². The van der Waals surface area contributed by atoms with E-state index in [0.717, 1.165) is 36.3 Å². The first-order valence-electron chi connectivity index (χ1n) is 7.12. The van der Waals surface area contributed by atoms with Gasteiger partial charge in [-0.3, -0.25) is 0 Å². The number of anilines is 2. The van der Waals surface area contributed by atoms with Gasteiger partial charge in [-0.1, -0.05) is 25.6 Å². The van der Waals surface area contributed by atoms with E-state index in [2.05, 4.69) is 34.4 Å². The molecule has 19 heavy (non-hydrogen) atoms. The Bertz CT molecular complexity index is 418. The minimum absolute atomic E-state index is 0.529. The molecule has 0 radical (unpaired) electrons. The number of aromatic nitrogens is 2. The fourth-order valence-corrected chi connectivity index (χ4v) is 2.44. The lowest BCUT2D eigenvalue weighted by Crippen LogP contribution is -2.16. The SMILES string of the molecule is CCCNc1cc(NCC2(CC)CC2)nc(SC)n1. The Morgan fingerprint density at radius 2 is 1.89 bits per heavy atom. The first-order chi connectivity index (χ1) is 9.21. The molecule has 0 bridgehead atoms. The highest BCUT2D eigenvalue weighted by Crippen LogP contribution is 2.48. The van der Waals surface area contributed by atoms with Gasteiger partial charge in [-0.05, 0) is 37.4 Å². The topological polar surface area (TPSA) is 49.8 Å². The predicted octanol–water partition coefficient (Wildman–Crippen LogP) is 3.62. The molecule has 1 saturated carbocycles. The van der Waals surface area contributed by atoms with E-state index < -0.39 is 0 Å². The van der Waals surface area contributed by atoms with Gasteiger partial charge in [0.1, 0.15) is 11.6 Å². The fourth-order valence-electron chi connectivity index (χ4n) is 2.06. The second-order valence-corrected chi connectivity index (χ2v) is 6.03. The lowest BCUT2D eigenvalue weighted by atomic mass is 10.0. The summed E-state index contributed by atoms with van der Waals surface area (Å²) in [6.07, 6.45) is 7.05. The van der Waals surface area contributed by atoms with E-state index in [1.807, 2.05) is 12.3 Å². The van der Waals surface area contributed by atoms with Gasteiger partial charge >= 0.3 is 0 Å². The maximum Gasteiger partial charge on any atom is 0.191 e. The van der Waals surface area contributed by atoms with E-state index in [4.69, 9.17) is 0 Å². The fraction of sp³-hybridized carbons (Fsp3) is 0.714. The summed E-state index contributed by atoms with van der Waals surface area (Å²) in [6.45, 7) is 6.40. The summed E-state index contributed by atoms with van der Waals surface area (Å²) in [5, 5.41) is 7.64. The molecule has 4 nitrogen and oxygen atoms in total. The van der Waals surface area contributed by atoms with E-state index in [1.165, 1.54) is 19.3 Å². The van der Waals surface area contributed by atoms with Crippen molar-refractivity contribution in [1.29, 1.82) is 0 Å². The Morgan fingerprint density at radius 1 is 1.21 bits per heavy atom. The van der Waals surface area contributed by atoms with Gasteiger partial charge in [0.15, 0.2) is 5.16 Å². The Labute approximate surface area is 120 Å². The van der Waals surface area contributed by atoms with Crippen molar-refractivity contribution in [3.8, 4) is 0 Å². The summed E-state index contributed by atoms with van der Waals surface area (Å²) in [7, 11) is 0. The summed E-state index contributed by atoms with van der Waals surface area (Å²) in [6, 6.07) is 2.02. The van der Waals surface area contributed by atoms with Crippen LogP contribution in [0.25, 0.3) is 0 Å². The molecule has 0 aliphatic heterocycles. The number of nitrogens with zero attached hydrogens (tertiary/aromatic N) is 2. The highest BCUT2D eigenvalue weighted by atomic mass is 32.2. The van der Waals surface area contributed by atoms with Crippen LogP contribution in [0.2, 0.25) is 0 Å². The van der Waals surface area contributed by atoms with E-state index in [0.29, 0.717) is 5.41 Å². The van der Waals surface area contributed by atoms with Crippen molar-refractivity contribution in [2.24, 2.45) is 5.41 Å². The molecule has 0 saturated heterocycles. The lowest BCUT2D eigenvalue weighted by Gasteiger charge is -2.15. The predicted molar refractivity (Wildman–Crippen MR) is 83.0 cm³/mol. The Morgan fingerprint density at radius 3 is 2.42 bits per heavy atom. The van der Waals surface area contributed by atoms with Gasteiger partial charge in [-0.2, -0.15) is 0 Å². The highest BCUT2D eigenvalue weighted by molar-refractivity contribution is 7.98. The van der Waals surface area contributed by atoms with E-state index in [-0.39, 0.29) is 0 Å². The van der Waals surface area contributed by atoms with Crippen LogP contribution in [0.3, 0.4) is 0 Å². The molecule has 1 aliphatic rings. The molecular weight excluding hydrogens is 256 g/mol. The molecule has 1 aromatic heterocycles. The van der Waals surface area contributed by atoms with Crippen LogP contribution in [-0.2, 0) is 0 Å². The van der Waals surface area contributed by atoms with Gasteiger partial charge in [0.25, 0.3) is 0 Å². The first-order valence-corrected chi connectivity index (χ1v) is 8.34. The van der Waals surface area contributed by atoms with Crippen molar-refractivity contribution >= 4 is 23.4 Å². The molecule has 1 fully saturated rings. The third kappa shape index (κ3) is 4.00. The van der Waals surface area contributed by atoms with E-state index in [9.17, 15) is 0 Å². The van der Waals surface area contributed by atoms with E-state index >= 15 is 0 Å². The quantitative estimate of drug-likeness (QED) is 0.562. The third-order valence-corrected chi connectivity index (χ3v) is 4.34. The Hall–Kier alpha value is -0.970. The standard InChI is InChI=1S/C14H24N4S/c1-4-8-15-11-9-12(18-13(17-11)19-3)16-10-14(5-2)6-7-14/h9H,4-8,10H2,1-3H3,(H2,15,16,17,18). The molecule has 0 atom stereocenters. The number of nitrogens with one attached hydrogen (secondary N) is 2. The van der Waals surface area contributed by atoms with Crippen molar-refractivity contribution in [3.63, 3.8) is 0 Å². The second kappa shape index (κ2) is 6.46. The minimum atomic E-state index is 0.529.